The Morgan fingerprint density at radius 3 is 2.62 bits per heavy atom. The summed E-state index contributed by atoms with van der Waals surface area (Å²) in [6, 6.07) is 2.45. The van der Waals surface area contributed by atoms with Crippen LogP contribution in [0.15, 0.2) is 0 Å². The van der Waals surface area contributed by atoms with Crippen LogP contribution in [0.25, 0.3) is 0 Å². The summed E-state index contributed by atoms with van der Waals surface area (Å²) in [6.45, 7) is 3.54. The van der Waals surface area contributed by atoms with Crippen molar-refractivity contribution in [1.82, 2.24) is 10.2 Å². The summed E-state index contributed by atoms with van der Waals surface area (Å²) in [6.07, 6.45) is 0. The third-order valence-electron chi connectivity index (χ3n) is 2.43. The number of likely N-dealkylation sites (N-methyl/N-ethyl adjacent to an activating group) is 1. The Morgan fingerprint density at radius 1 is 1.62 bits per heavy atom. The molecule has 0 radical (unpaired) electrons. The van der Waals surface area contributed by atoms with Crippen LogP contribution < -0.4 is 5.32 Å². The van der Waals surface area contributed by atoms with Crippen LogP contribution in [0.1, 0.15) is 6.92 Å². The van der Waals surface area contributed by atoms with Gasteiger partial charge in [-0.1, -0.05) is 0 Å². The number of nitrogens with zero attached hydrogens (tertiary/aromatic N) is 1. The number of hydrogen-bond acceptors (Lipinski definition) is 2. The van der Waals surface area contributed by atoms with E-state index in [0.717, 1.165) is 18.1 Å². The molecule has 0 aromatic heterocycles. The molecule has 2 nitrogen and oxygen atoms in total. The second-order valence-electron chi connectivity index (χ2n) is 2.98. The summed E-state index contributed by atoms with van der Waals surface area (Å²) < 4.78 is 0. The van der Waals surface area contributed by atoms with Crippen molar-refractivity contribution in [2.75, 3.05) is 13.6 Å². The third-order valence-corrected chi connectivity index (χ3v) is 2.43. The first-order valence-electron chi connectivity index (χ1n) is 3.25. The van der Waals surface area contributed by atoms with E-state index >= 15 is 0 Å². The highest BCUT2D eigenvalue weighted by atomic mass is 15.3. The fraction of sp³-hybridized carbons (Fsp3) is 1.00. The standard InChI is InChI=1S/C6H12N2/c1-4-6-5(7-6)3-8(4)2/h4-7H,3H2,1-2H3. The van der Waals surface area contributed by atoms with Crippen molar-refractivity contribution >= 4 is 0 Å². The van der Waals surface area contributed by atoms with Crippen LogP contribution in [-0.2, 0) is 0 Å². The monoisotopic (exact) mass is 112 g/mol. The molecule has 0 amide bonds. The van der Waals surface area contributed by atoms with Crippen LogP contribution in [0.3, 0.4) is 0 Å². The van der Waals surface area contributed by atoms with Crippen LogP contribution in [0.4, 0.5) is 0 Å². The second kappa shape index (κ2) is 1.25. The average Bonchev–Trinajstić information content (AvgIpc) is 2.39. The van der Waals surface area contributed by atoms with Gasteiger partial charge in [-0.05, 0) is 14.0 Å². The molecular formula is C6H12N2. The van der Waals surface area contributed by atoms with E-state index in [1.807, 2.05) is 0 Å². The Kier molecular flexibility index (Phi) is 0.746. The first-order valence-corrected chi connectivity index (χ1v) is 3.25. The predicted molar refractivity (Wildman–Crippen MR) is 32.8 cm³/mol. The molecule has 2 rings (SSSR count). The lowest BCUT2D eigenvalue weighted by atomic mass is 10.2. The van der Waals surface area contributed by atoms with Crippen molar-refractivity contribution in [2.24, 2.45) is 0 Å². The van der Waals surface area contributed by atoms with Crippen LogP contribution >= 0.6 is 0 Å². The van der Waals surface area contributed by atoms with Crippen molar-refractivity contribution in [1.29, 1.82) is 0 Å². The largest absolute Gasteiger partial charge is 0.305 e. The van der Waals surface area contributed by atoms with E-state index in [1.54, 1.807) is 0 Å². The zero-order valence-corrected chi connectivity index (χ0v) is 5.39. The third kappa shape index (κ3) is 0.446. The molecule has 0 aliphatic carbocycles. The van der Waals surface area contributed by atoms with E-state index < -0.39 is 0 Å². The van der Waals surface area contributed by atoms with Crippen molar-refractivity contribution < 1.29 is 0 Å². The highest BCUT2D eigenvalue weighted by Crippen LogP contribution is 2.26. The van der Waals surface area contributed by atoms with E-state index in [2.05, 4.69) is 24.2 Å². The van der Waals surface area contributed by atoms with Gasteiger partial charge in [-0.3, -0.25) is 0 Å². The molecule has 3 unspecified atom stereocenters. The molecule has 0 spiro atoms. The molecule has 46 valence electrons. The lowest BCUT2D eigenvalue weighted by molar-refractivity contribution is 0.297. The zero-order valence-electron chi connectivity index (χ0n) is 5.39. The smallest absolute Gasteiger partial charge is 0.0390 e. The molecule has 2 aliphatic rings. The molecule has 2 heteroatoms. The van der Waals surface area contributed by atoms with Crippen LogP contribution in [-0.4, -0.2) is 36.6 Å². The lowest BCUT2D eigenvalue weighted by Crippen LogP contribution is -2.31. The normalized spacial score (nSPS) is 54.0. The van der Waals surface area contributed by atoms with E-state index in [-0.39, 0.29) is 0 Å². The number of nitrogens with one attached hydrogen (secondary N) is 1. The molecule has 2 heterocycles. The van der Waals surface area contributed by atoms with Gasteiger partial charge in [-0.15, -0.1) is 0 Å². The highest BCUT2D eigenvalue weighted by Gasteiger charge is 2.48. The van der Waals surface area contributed by atoms with E-state index in [0.29, 0.717) is 0 Å². The number of likely N-dealkylation sites (tertiary alicyclic amines) is 1. The summed E-state index contributed by atoms with van der Waals surface area (Å²) in [7, 11) is 2.19. The Balaban J connectivity index is 2.08. The average molecular weight is 112 g/mol. The Labute approximate surface area is 49.9 Å². The first-order chi connectivity index (χ1) is 3.79. The van der Waals surface area contributed by atoms with Crippen molar-refractivity contribution in [3.63, 3.8) is 0 Å². The fourth-order valence-electron chi connectivity index (χ4n) is 1.58. The van der Waals surface area contributed by atoms with Crippen LogP contribution in [0, 0.1) is 0 Å². The van der Waals surface area contributed by atoms with Gasteiger partial charge in [0, 0.05) is 24.7 Å². The van der Waals surface area contributed by atoms with E-state index in [1.165, 1.54) is 6.54 Å². The molecule has 0 aromatic carbocycles. The number of fused-ring (bicyclic) bond motifs is 1. The number of piperazine rings is 1. The molecular weight excluding hydrogens is 100 g/mol. The van der Waals surface area contributed by atoms with Crippen LogP contribution in [0.5, 0.6) is 0 Å². The lowest BCUT2D eigenvalue weighted by Gasteiger charge is -2.16. The molecule has 2 saturated heterocycles. The molecule has 0 bridgehead atoms. The van der Waals surface area contributed by atoms with Gasteiger partial charge in [0.15, 0.2) is 0 Å². The predicted octanol–water partition coefficient (Wildman–Crippen LogP) is -0.339. The topological polar surface area (TPSA) is 25.2 Å². The van der Waals surface area contributed by atoms with Crippen molar-refractivity contribution in [3.05, 3.63) is 0 Å². The Bertz CT molecular complexity index is 111. The van der Waals surface area contributed by atoms with Crippen molar-refractivity contribution in [3.8, 4) is 0 Å². The van der Waals surface area contributed by atoms with Gasteiger partial charge in [0.05, 0.1) is 0 Å². The van der Waals surface area contributed by atoms with Gasteiger partial charge < -0.3 is 10.2 Å². The van der Waals surface area contributed by atoms with Gasteiger partial charge in [0.1, 0.15) is 0 Å². The van der Waals surface area contributed by atoms with Crippen molar-refractivity contribution in [2.45, 2.75) is 25.0 Å². The highest BCUT2D eigenvalue weighted by molar-refractivity contribution is 5.11. The minimum absolute atomic E-state index is 0.778. The molecule has 8 heavy (non-hydrogen) atoms. The minimum atomic E-state index is 0.778. The molecule has 3 atom stereocenters. The van der Waals surface area contributed by atoms with Gasteiger partial charge >= 0.3 is 0 Å². The maximum absolute atomic E-state index is 3.41. The molecule has 0 aromatic rings. The molecule has 1 N–H and O–H groups in total. The number of rotatable bonds is 0. The van der Waals surface area contributed by atoms with E-state index in [4.69, 9.17) is 0 Å². The Hall–Kier alpha value is -0.0800. The molecule has 2 aliphatic heterocycles. The SMILES string of the molecule is CC1C2NC2CN1C. The minimum Gasteiger partial charge on any atom is -0.305 e. The first kappa shape index (κ1) is 4.77. The van der Waals surface area contributed by atoms with Gasteiger partial charge in [-0.25, -0.2) is 0 Å². The Morgan fingerprint density at radius 2 is 2.38 bits per heavy atom. The molecule has 0 saturated carbocycles. The second-order valence-corrected chi connectivity index (χ2v) is 2.98. The summed E-state index contributed by atoms with van der Waals surface area (Å²) >= 11 is 0. The summed E-state index contributed by atoms with van der Waals surface area (Å²) in [5.41, 5.74) is 0. The summed E-state index contributed by atoms with van der Waals surface area (Å²) in [4.78, 5) is 2.41. The summed E-state index contributed by atoms with van der Waals surface area (Å²) in [5, 5.41) is 3.41. The number of hydrogen-bond donors (Lipinski definition) is 1. The summed E-state index contributed by atoms with van der Waals surface area (Å²) in [5.74, 6) is 0. The van der Waals surface area contributed by atoms with Gasteiger partial charge in [0.2, 0.25) is 0 Å². The maximum atomic E-state index is 3.41. The fourth-order valence-corrected chi connectivity index (χ4v) is 1.58. The quantitative estimate of drug-likeness (QED) is 0.434. The van der Waals surface area contributed by atoms with Gasteiger partial charge in [0.25, 0.3) is 0 Å². The molecule has 2 fully saturated rings. The maximum Gasteiger partial charge on any atom is 0.0390 e. The van der Waals surface area contributed by atoms with E-state index in [9.17, 15) is 0 Å². The van der Waals surface area contributed by atoms with Gasteiger partial charge in [-0.2, -0.15) is 0 Å². The van der Waals surface area contributed by atoms with Crippen LogP contribution in [0.2, 0.25) is 0 Å². The zero-order chi connectivity index (χ0) is 5.72.